The maximum absolute atomic E-state index is 13.5. The van der Waals surface area contributed by atoms with Crippen LogP contribution in [0.4, 0.5) is 4.39 Å². The molecule has 146 valence electrons. The molecule has 2 heterocycles. The predicted octanol–water partition coefficient (Wildman–Crippen LogP) is 4.78. The van der Waals surface area contributed by atoms with Gasteiger partial charge < -0.3 is 14.6 Å². The molecule has 2 aliphatic rings. The fraction of sp³-hybridized carbons (Fsp3) is 0.174. The lowest BCUT2D eigenvalue weighted by molar-refractivity contribution is -0.0209. The fourth-order valence-corrected chi connectivity index (χ4v) is 3.97. The second-order valence-electron chi connectivity index (χ2n) is 7.06. The molecule has 3 aromatic carbocycles. The first-order chi connectivity index (χ1) is 14.2. The van der Waals surface area contributed by atoms with Gasteiger partial charge in [0.05, 0.1) is 18.9 Å². The Labute approximate surface area is 167 Å². The zero-order chi connectivity index (χ0) is 20.0. The number of aromatic hydroxyl groups is 1. The number of para-hydroxylation sites is 2. The van der Waals surface area contributed by atoms with E-state index < -0.39 is 6.23 Å². The largest absolute Gasteiger partial charge is 0.507 e. The van der Waals surface area contributed by atoms with Crippen LogP contribution in [0.5, 0.6) is 17.2 Å². The molecular weight excluding hydrogens is 371 g/mol. The zero-order valence-corrected chi connectivity index (χ0v) is 15.7. The molecule has 0 unspecified atom stereocenters. The number of phenolic OH excluding ortho intramolecular Hbond substituents is 1. The van der Waals surface area contributed by atoms with E-state index in [0.717, 1.165) is 16.8 Å². The number of hydrazone groups is 1. The number of phenols is 1. The van der Waals surface area contributed by atoms with Crippen molar-refractivity contribution < 1.29 is 19.0 Å². The van der Waals surface area contributed by atoms with Crippen molar-refractivity contribution in [2.24, 2.45) is 5.10 Å². The Balaban J connectivity index is 1.63. The van der Waals surface area contributed by atoms with E-state index in [2.05, 4.69) is 0 Å². The van der Waals surface area contributed by atoms with Crippen LogP contribution in [0.15, 0.2) is 71.8 Å². The van der Waals surface area contributed by atoms with Crippen LogP contribution in [0.3, 0.4) is 0 Å². The van der Waals surface area contributed by atoms with Crippen LogP contribution >= 0.6 is 0 Å². The van der Waals surface area contributed by atoms with Crippen molar-refractivity contribution in [1.29, 1.82) is 0 Å². The van der Waals surface area contributed by atoms with Crippen molar-refractivity contribution in [3.05, 3.63) is 89.2 Å². The minimum atomic E-state index is -0.534. The highest BCUT2D eigenvalue weighted by atomic mass is 19.1. The van der Waals surface area contributed by atoms with Crippen molar-refractivity contribution in [2.75, 3.05) is 7.11 Å². The Morgan fingerprint density at radius 3 is 2.62 bits per heavy atom. The van der Waals surface area contributed by atoms with Crippen molar-refractivity contribution >= 4 is 5.71 Å². The van der Waals surface area contributed by atoms with E-state index in [0.29, 0.717) is 23.5 Å². The van der Waals surface area contributed by atoms with Crippen LogP contribution in [-0.2, 0) is 0 Å². The Bertz CT molecular complexity index is 1100. The number of fused-ring (bicyclic) bond motifs is 3. The number of ether oxygens (including phenoxy) is 2. The molecule has 0 bridgehead atoms. The van der Waals surface area contributed by atoms with Crippen LogP contribution in [0.1, 0.15) is 35.4 Å². The molecule has 5 nitrogen and oxygen atoms in total. The Kier molecular flexibility index (Phi) is 4.12. The highest BCUT2D eigenvalue weighted by molar-refractivity contribution is 6.04. The molecule has 29 heavy (non-hydrogen) atoms. The first kappa shape index (κ1) is 17.6. The van der Waals surface area contributed by atoms with E-state index in [1.807, 2.05) is 35.3 Å². The summed E-state index contributed by atoms with van der Waals surface area (Å²) in [5, 5.41) is 17.0. The summed E-state index contributed by atoms with van der Waals surface area (Å²) in [4.78, 5) is 0. The topological polar surface area (TPSA) is 54.3 Å². The SMILES string of the molecule is COc1cccc2c1O[C@H](c1ccc(F)cc1)N1N=C(c3ccccc3O)C[C@H]21. The van der Waals surface area contributed by atoms with Crippen LogP contribution < -0.4 is 9.47 Å². The summed E-state index contributed by atoms with van der Waals surface area (Å²) >= 11 is 0. The average Bonchev–Trinajstić information content (AvgIpc) is 3.19. The van der Waals surface area contributed by atoms with Gasteiger partial charge in [0.2, 0.25) is 6.23 Å². The van der Waals surface area contributed by atoms with Gasteiger partial charge >= 0.3 is 0 Å². The highest BCUT2D eigenvalue weighted by Crippen LogP contribution is 2.50. The molecule has 0 fully saturated rings. The van der Waals surface area contributed by atoms with Gasteiger partial charge in [0.15, 0.2) is 11.5 Å². The molecule has 3 aromatic rings. The summed E-state index contributed by atoms with van der Waals surface area (Å²) in [5.41, 5.74) is 3.23. The summed E-state index contributed by atoms with van der Waals surface area (Å²) in [7, 11) is 1.61. The molecule has 2 atom stereocenters. The molecule has 1 N–H and O–H groups in total. The lowest BCUT2D eigenvalue weighted by Gasteiger charge is -2.38. The van der Waals surface area contributed by atoms with E-state index in [9.17, 15) is 9.50 Å². The van der Waals surface area contributed by atoms with Crippen molar-refractivity contribution in [3.8, 4) is 17.2 Å². The van der Waals surface area contributed by atoms with Gasteiger partial charge in [-0.2, -0.15) is 5.10 Å². The Morgan fingerprint density at radius 1 is 1.07 bits per heavy atom. The summed E-state index contributed by atoms with van der Waals surface area (Å²) in [5.74, 6) is 1.19. The number of nitrogens with zero attached hydrogens (tertiary/aromatic N) is 2. The number of rotatable bonds is 3. The molecule has 0 saturated carbocycles. The molecule has 5 rings (SSSR count). The second-order valence-corrected chi connectivity index (χ2v) is 7.06. The van der Waals surface area contributed by atoms with Crippen molar-refractivity contribution in [2.45, 2.75) is 18.7 Å². The van der Waals surface area contributed by atoms with Gasteiger partial charge in [-0.1, -0.05) is 36.4 Å². The molecule has 6 heteroatoms. The lowest BCUT2D eigenvalue weighted by atomic mass is 9.95. The van der Waals surface area contributed by atoms with E-state index in [1.54, 1.807) is 31.4 Å². The fourth-order valence-electron chi connectivity index (χ4n) is 3.97. The van der Waals surface area contributed by atoms with Gasteiger partial charge in [0, 0.05) is 23.1 Å². The molecule has 0 aliphatic carbocycles. The smallest absolute Gasteiger partial charge is 0.214 e. The quantitative estimate of drug-likeness (QED) is 0.699. The molecule has 2 aliphatic heterocycles. The van der Waals surface area contributed by atoms with Crippen LogP contribution in [-0.4, -0.2) is 22.9 Å². The molecule has 0 aromatic heterocycles. The second kappa shape index (κ2) is 6.81. The summed E-state index contributed by atoms with van der Waals surface area (Å²) in [6, 6.07) is 19.1. The Morgan fingerprint density at radius 2 is 1.86 bits per heavy atom. The summed E-state index contributed by atoms with van der Waals surface area (Å²) in [6.07, 6.45) is 0.0754. The summed E-state index contributed by atoms with van der Waals surface area (Å²) < 4.78 is 25.3. The van der Waals surface area contributed by atoms with Crippen molar-refractivity contribution in [3.63, 3.8) is 0 Å². The maximum Gasteiger partial charge on any atom is 0.214 e. The standard InChI is InChI=1S/C23H19FN2O3/c1-28-21-8-4-6-17-19-13-18(16-5-2-3-7-20(16)27)25-26(19)23(29-22(17)21)14-9-11-15(24)12-10-14/h2-12,19,23,27H,13H2,1H3/t19-,23-/m1/s1. The lowest BCUT2D eigenvalue weighted by Crippen LogP contribution is -2.33. The van der Waals surface area contributed by atoms with Gasteiger partial charge in [-0.15, -0.1) is 0 Å². The number of benzene rings is 3. The third-order valence-corrected chi connectivity index (χ3v) is 5.37. The predicted molar refractivity (Wildman–Crippen MR) is 107 cm³/mol. The monoisotopic (exact) mass is 390 g/mol. The van der Waals surface area contributed by atoms with E-state index in [1.165, 1.54) is 12.1 Å². The molecule has 0 amide bonds. The minimum absolute atomic E-state index is 0.0847. The van der Waals surface area contributed by atoms with Gasteiger partial charge in [-0.05, 0) is 30.3 Å². The molecular formula is C23H19FN2O3. The van der Waals surface area contributed by atoms with Crippen LogP contribution in [0.2, 0.25) is 0 Å². The normalized spacial score (nSPS) is 19.8. The summed E-state index contributed by atoms with van der Waals surface area (Å²) in [6.45, 7) is 0. The third kappa shape index (κ3) is 2.88. The van der Waals surface area contributed by atoms with Gasteiger partial charge in [0.1, 0.15) is 11.6 Å². The van der Waals surface area contributed by atoms with Crippen LogP contribution in [0.25, 0.3) is 0 Å². The van der Waals surface area contributed by atoms with E-state index in [4.69, 9.17) is 14.6 Å². The molecule has 0 spiro atoms. The number of methoxy groups -OCH3 is 1. The minimum Gasteiger partial charge on any atom is -0.507 e. The van der Waals surface area contributed by atoms with Crippen LogP contribution in [0, 0.1) is 5.82 Å². The zero-order valence-electron chi connectivity index (χ0n) is 15.7. The first-order valence-electron chi connectivity index (χ1n) is 9.39. The first-order valence-corrected chi connectivity index (χ1v) is 9.39. The van der Waals surface area contributed by atoms with Crippen molar-refractivity contribution in [1.82, 2.24) is 5.01 Å². The third-order valence-electron chi connectivity index (χ3n) is 5.37. The molecule has 0 radical (unpaired) electrons. The highest BCUT2D eigenvalue weighted by Gasteiger charge is 2.42. The van der Waals surface area contributed by atoms with Gasteiger partial charge in [-0.25, -0.2) is 9.40 Å². The average molecular weight is 390 g/mol. The number of hydrogen-bond donors (Lipinski definition) is 1. The number of halogens is 1. The van der Waals surface area contributed by atoms with Gasteiger partial charge in [-0.3, -0.25) is 0 Å². The van der Waals surface area contributed by atoms with E-state index in [-0.39, 0.29) is 17.6 Å². The van der Waals surface area contributed by atoms with E-state index >= 15 is 0 Å². The number of hydrogen-bond acceptors (Lipinski definition) is 5. The maximum atomic E-state index is 13.5. The van der Waals surface area contributed by atoms with Gasteiger partial charge in [0.25, 0.3) is 0 Å². The Hall–Kier alpha value is -3.54. The molecule has 0 saturated heterocycles.